The molecule has 0 saturated carbocycles. The highest BCUT2D eigenvalue weighted by Crippen LogP contribution is 2.28. The molecule has 33 heavy (non-hydrogen) atoms. The minimum Gasteiger partial charge on any atom is -0.408 e. The number of hydrogen-bond donors (Lipinski definition) is 0. The van der Waals surface area contributed by atoms with Gasteiger partial charge < -0.3 is 9.32 Å². The molecule has 1 amide bonds. The van der Waals surface area contributed by atoms with E-state index in [-0.39, 0.29) is 34.8 Å². The second-order valence-electron chi connectivity index (χ2n) is 9.14. The molecule has 1 saturated heterocycles. The molecule has 0 radical (unpaired) electrons. The number of rotatable bonds is 5. The van der Waals surface area contributed by atoms with Crippen LogP contribution in [0.1, 0.15) is 25.8 Å². The van der Waals surface area contributed by atoms with E-state index >= 15 is 0 Å². The highest BCUT2D eigenvalue weighted by Gasteiger charge is 2.32. The predicted molar refractivity (Wildman–Crippen MR) is 127 cm³/mol. The van der Waals surface area contributed by atoms with Gasteiger partial charge in [-0.1, -0.05) is 26.0 Å². The van der Waals surface area contributed by atoms with Gasteiger partial charge in [0.05, 0.1) is 10.4 Å². The maximum Gasteiger partial charge on any atom is 0.420 e. The number of aryl methyl sites for hydroxylation is 1. The quantitative estimate of drug-likeness (QED) is 0.570. The number of likely N-dealkylation sites (N-methyl/N-ethyl adjacent to an activating group) is 1. The molecular weight excluding hydrogens is 442 g/mol. The standard InChI is InChI=1S/C24H29N3O5S/c1-16-6-5-7-19(11-16)25(4)23(28)15-27-21-9-8-20(12-22(21)32-24(27)29)33(30,31)26-13-17(2)10-18(3)14-26/h5-9,11-12,17-18H,10,13-15H2,1-4H3. The Bertz CT molecular complexity index is 1350. The van der Waals surface area contributed by atoms with Crippen molar-refractivity contribution >= 4 is 32.7 Å². The van der Waals surface area contributed by atoms with Gasteiger partial charge in [-0.15, -0.1) is 0 Å². The molecule has 4 rings (SSSR count). The first-order chi connectivity index (χ1) is 15.6. The average molecular weight is 472 g/mol. The smallest absolute Gasteiger partial charge is 0.408 e. The summed E-state index contributed by atoms with van der Waals surface area (Å²) >= 11 is 0. The van der Waals surface area contributed by atoms with Crippen molar-refractivity contribution in [1.82, 2.24) is 8.87 Å². The highest BCUT2D eigenvalue weighted by atomic mass is 32.2. The van der Waals surface area contributed by atoms with Gasteiger partial charge >= 0.3 is 5.76 Å². The Morgan fingerprint density at radius 2 is 1.82 bits per heavy atom. The summed E-state index contributed by atoms with van der Waals surface area (Å²) in [6.07, 6.45) is 0.994. The molecule has 176 valence electrons. The lowest BCUT2D eigenvalue weighted by molar-refractivity contribution is -0.118. The summed E-state index contributed by atoms with van der Waals surface area (Å²) < 4.78 is 34.5. The number of sulfonamides is 1. The molecular formula is C24H29N3O5S. The van der Waals surface area contributed by atoms with Crippen molar-refractivity contribution in [2.45, 2.75) is 38.6 Å². The van der Waals surface area contributed by atoms with Gasteiger partial charge in [-0.3, -0.25) is 9.36 Å². The van der Waals surface area contributed by atoms with Crippen LogP contribution in [0.25, 0.3) is 11.1 Å². The molecule has 0 N–H and O–H groups in total. The van der Waals surface area contributed by atoms with Gasteiger partial charge in [0.1, 0.15) is 6.54 Å². The minimum absolute atomic E-state index is 0.0837. The summed E-state index contributed by atoms with van der Waals surface area (Å²) in [7, 11) is -2.06. The molecule has 0 bridgehead atoms. The molecule has 1 fully saturated rings. The van der Waals surface area contributed by atoms with Gasteiger partial charge in [0.25, 0.3) is 0 Å². The zero-order chi connectivity index (χ0) is 23.9. The maximum atomic E-state index is 13.2. The Hall–Kier alpha value is -2.91. The monoisotopic (exact) mass is 471 g/mol. The van der Waals surface area contributed by atoms with Crippen LogP contribution in [0.2, 0.25) is 0 Å². The van der Waals surface area contributed by atoms with Crippen LogP contribution in [0.3, 0.4) is 0 Å². The number of carbonyl (C=O) groups is 1. The van der Waals surface area contributed by atoms with E-state index in [0.717, 1.165) is 17.7 Å². The zero-order valence-corrected chi connectivity index (χ0v) is 20.1. The largest absolute Gasteiger partial charge is 0.420 e. The van der Waals surface area contributed by atoms with Crippen LogP contribution < -0.4 is 10.7 Å². The molecule has 8 nitrogen and oxygen atoms in total. The minimum atomic E-state index is -3.71. The van der Waals surface area contributed by atoms with E-state index in [4.69, 9.17) is 4.42 Å². The molecule has 2 heterocycles. The Kier molecular flexibility index (Phi) is 6.20. The molecule has 0 spiro atoms. The third-order valence-corrected chi connectivity index (χ3v) is 8.00. The van der Waals surface area contributed by atoms with Crippen molar-refractivity contribution in [1.29, 1.82) is 0 Å². The third-order valence-electron chi connectivity index (χ3n) is 6.17. The van der Waals surface area contributed by atoms with Crippen molar-refractivity contribution in [3.05, 3.63) is 58.6 Å². The predicted octanol–water partition coefficient (Wildman–Crippen LogP) is 3.23. The van der Waals surface area contributed by atoms with Crippen molar-refractivity contribution in [2.75, 3.05) is 25.0 Å². The fourth-order valence-electron chi connectivity index (χ4n) is 4.53. The number of oxazole rings is 1. The number of anilines is 1. The SMILES string of the molecule is Cc1cccc(N(C)C(=O)Cn2c(=O)oc3cc(S(=O)(=O)N4CC(C)CC(C)C4)ccc32)c1. The Morgan fingerprint density at radius 3 is 2.48 bits per heavy atom. The average Bonchev–Trinajstić information content (AvgIpc) is 3.06. The summed E-state index contributed by atoms with van der Waals surface area (Å²) in [5.41, 5.74) is 2.26. The van der Waals surface area contributed by atoms with E-state index in [9.17, 15) is 18.0 Å². The second-order valence-corrected chi connectivity index (χ2v) is 11.1. The van der Waals surface area contributed by atoms with Crippen LogP contribution in [-0.4, -0.2) is 43.3 Å². The van der Waals surface area contributed by atoms with Crippen molar-refractivity contribution in [3.63, 3.8) is 0 Å². The van der Waals surface area contributed by atoms with Crippen LogP contribution in [0.15, 0.2) is 56.6 Å². The lowest BCUT2D eigenvalue weighted by atomic mass is 9.94. The fourth-order valence-corrected chi connectivity index (χ4v) is 6.23. The van der Waals surface area contributed by atoms with E-state index < -0.39 is 15.8 Å². The van der Waals surface area contributed by atoms with Crippen LogP contribution in [0.4, 0.5) is 5.69 Å². The van der Waals surface area contributed by atoms with E-state index in [1.165, 1.54) is 32.0 Å². The molecule has 1 aliphatic rings. The molecule has 2 atom stereocenters. The summed E-state index contributed by atoms with van der Waals surface area (Å²) in [5.74, 6) is -0.436. The molecule has 1 aromatic heterocycles. The lowest BCUT2D eigenvalue weighted by Gasteiger charge is -2.34. The normalized spacial score (nSPS) is 19.6. The number of benzene rings is 2. The lowest BCUT2D eigenvalue weighted by Crippen LogP contribution is -2.42. The summed E-state index contributed by atoms with van der Waals surface area (Å²) in [6, 6.07) is 11.9. The molecule has 2 aromatic carbocycles. The summed E-state index contributed by atoms with van der Waals surface area (Å²) in [6.45, 7) is 6.75. The van der Waals surface area contributed by atoms with Crippen molar-refractivity contribution in [2.24, 2.45) is 11.8 Å². The Balaban J connectivity index is 1.61. The number of piperidine rings is 1. The van der Waals surface area contributed by atoms with Gasteiger partial charge in [-0.2, -0.15) is 4.31 Å². The first-order valence-electron chi connectivity index (χ1n) is 11.0. The first-order valence-corrected chi connectivity index (χ1v) is 12.5. The molecule has 3 aromatic rings. The van der Waals surface area contributed by atoms with Gasteiger partial charge in [-0.05, 0) is 55.0 Å². The van der Waals surface area contributed by atoms with Crippen LogP contribution >= 0.6 is 0 Å². The molecule has 2 unspecified atom stereocenters. The van der Waals surface area contributed by atoms with E-state index in [0.29, 0.717) is 18.6 Å². The van der Waals surface area contributed by atoms with Gasteiger partial charge in [-0.25, -0.2) is 13.2 Å². The number of amides is 1. The third kappa shape index (κ3) is 4.60. The van der Waals surface area contributed by atoms with E-state index in [1.807, 2.05) is 45.0 Å². The van der Waals surface area contributed by atoms with E-state index in [1.54, 1.807) is 7.05 Å². The van der Waals surface area contributed by atoms with Crippen molar-refractivity contribution < 1.29 is 17.6 Å². The van der Waals surface area contributed by atoms with Crippen LogP contribution in [0, 0.1) is 18.8 Å². The Morgan fingerprint density at radius 1 is 1.12 bits per heavy atom. The number of hydrogen-bond acceptors (Lipinski definition) is 5. The van der Waals surface area contributed by atoms with Gasteiger partial charge in [0.15, 0.2) is 5.58 Å². The molecule has 1 aliphatic heterocycles. The van der Waals surface area contributed by atoms with Crippen LogP contribution in [-0.2, 0) is 21.4 Å². The number of carbonyl (C=O) groups excluding carboxylic acids is 1. The van der Waals surface area contributed by atoms with E-state index in [2.05, 4.69) is 0 Å². The second kappa shape index (κ2) is 8.79. The fraction of sp³-hybridized carbons (Fsp3) is 0.417. The summed E-state index contributed by atoms with van der Waals surface area (Å²) in [4.78, 5) is 26.9. The van der Waals surface area contributed by atoms with Gasteiger partial charge in [0.2, 0.25) is 15.9 Å². The number of nitrogens with zero attached hydrogens (tertiary/aromatic N) is 3. The molecule has 0 aliphatic carbocycles. The van der Waals surface area contributed by atoms with Gasteiger partial charge in [0, 0.05) is 31.9 Å². The van der Waals surface area contributed by atoms with Crippen LogP contribution in [0.5, 0.6) is 0 Å². The number of aromatic nitrogens is 1. The van der Waals surface area contributed by atoms with Crippen molar-refractivity contribution in [3.8, 4) is 0 Å². The molecule has 9 heteroatoms. The summed E-state index contributed by atoms with van der Waals surface area (Å²) in [5, 5.41) is 0. The number of fused-ring (bicyclic) bond motifs is 1. The zero-order valence-electron chi connectivity index (χ0n) is 19.3. The maximum absolute atomic E-state index is 13.2. The Labute approximate surface area is 193 Å². The first kappa shape index (κ1) is 23.3. The highest BCUT2D eigenvalue weighted by molar-refractivity contribution is 7.89. The topological polar surface area (TPSA) is 92.8 Å².